The molecule has 0 aliphatic rings. The molecule has 0 saturated carbocycles. The van der Waals surface area contributed by atoms with Gasteiger partial charge in [-0.05, 0) is 13.3 Å². The summed E-state index contributed by atoms with van der Waals surface area (Å²) in [5.74, 6) is -2.80. The molecular weight excluding hydrogens is 192 g/mol. The average Bonchev–Trinajstić information content (AvgIpc) is 2.14. The van der Waals surface area contributed by atoms with Crippen LogP contribution in [0.4, 0.5) is 0 Å². The lowest BCUT2D eigenvalue weighted by Gasteiger charge is -2.16. The number of ether oxygens (including phenoxy) is 1. The van der Waals surface area contributed by atoms with Gasteiger partial charge >= 0.3 is 11.9 Å². The van der Waals surface area contributed by atoms with Crippen molar-refractivity contribution in [2.45, 2.75) is 38.6 Å². The summed E-state index contributed by atoms with van der Waals surface area (Å²) in [6.07, 6.45) is -4.06. The molecule has 0 fully saturated rings. The Kier molecular flexibility index (Phi) is 5.11. The summed E-state index contributed by atoms with van der Waals surface area (Å²) in [5, 5.41) is 26.1. The number of carbonyl (C=O) groups is 2. The molecule has 0 bridgehead atoms. The fourth-order valence-electron chi connectivity index (χ4n) is 0.615. The van der Waals surface area contributed by atoms with Gasteiger partial charge in [0.1, 0.15) is 0 Å². The average molecular weight is 206 g/mol. The smallest absolute Gasteiger partial charge is 0.338 e. The van der Waals surface area contributed by atoms with Crippen LogP contribution in [0.15, 0.2) is 0 Å². The largest absolute Gasteiger partial charge is 0.479 e. The molecule has 0 amide bonds. The summed E-state index contributed by atoms with van der Waals surface area (Å²) >= 11 is 0. The maximum absolute atomic E-state index is 11.0. The zero-order valence-electron chi connectivity index (χ0n) is 8.01. The molecule has 0 radical (unpaired) electrons. The molecule has 6 heteroatoms. The molecule has 14 heavy (non-hydrogen) atoms. The van der Waals surface area contributed by atoms with Crippen LogP contribution in [0.5, 0.6) is 0 Å². The van der Waals surface area contributed by atoms with E-state index in [0.717, 1.165) is 0 Å². The van der Waals surface area contributed by atoms with Crippen LogP contribution in [-0.2, 0) is 14.3 Å². The third kappa shape index (κ3) is 3.71. The molecule has 0 rings (SSSR count). The van der Waals surface area contributed by atoms with Crippen molar-refractivity contribution in [3.8, 4) is 0 Å². The van der Waals surface area contributed by atoms with Gasteiger partial charge in [-0.1, -0.05) is 6.92 Å². The Labute approximate surface area is 81.1 Å². The number of aliphatic carboxylic acids is 1. The predicted molar refractivity (Wildman–Crippen MR) is 45.5 cm³/mol. The number of carbonyl (C=O) groups excluding carboxylic acids is 1. The highest BCUT2D eigenvalue weighted by atomic mass is 16.6. The number of hydrogen-bond donors (Lipinski definition) is 3. The molecule has 0 aromatic heterocycles. The highest BCUT2D eigenvalue weighted by molar-refractivity contribution is 5.84. The van der Waals surface area contributed by atoms with E-state index in [9.17, 15) is 9.59 Å². The van der Waals surface area contributed by atoms with Gasteiger partial charge in [0.25, 0.3) is 0 Å². The zero-order valence-corrected chi connectivity index (χ0v) is 8.01. The molecule has 1 unspecified atom stereocenters. The molecule has 0 aliphatic carbocycles. The summed E-state index contributed by atoms with van der Waals surface area (Å²) < 4.78 is 4.62. The Balaban J connectivity index is 4.18. The Morgan fingerprint density at radius 3 is 2.14 bits per heavy atom. The molecule has 3 atom stereocenters. The van der Waals surface area contributed by atoms with Crippen molar-refractivity contribution in [3.63, 3.8) is 0 Å². The maximum atomic E-state index is 11.0. The lowest BCUT2D eigenvalue weighted by Crippen LogP contribution is -2.41. The van der Waals surface area contributed by atoms with Crippen molar-refractivity contribution in [1.29, 1.82) is 0 Å². The van der Waals surface area contributed by atoms with Crippen molar-refractivity contribution < 1.29 is 29.6 Å². The molecule has 0 saturated heterocycles. The molecule has 0 spiro atoms. The maximum Gasteiger partial charge on any atom is 0.338 e. The Morgan fingerprint density at radius 2 is 1.79 bits per heavy atom. The van der Waals surface area contributed by atoms with Crippen LogP contribution in [0.3, 0.4) is 0 Å². The summed E-state index contributed by atoms with van der Waals surface area (Å²) in [7, 11) is 0. The number of esters is 1. The lowest BCUT2D eigenvalue weighted by molar-refractivity contribution is -0.173. The summed E-state index contributed by atoms with van der Waals surface area (Å²) in [6.45, 7) is 3.36. The van der Waals surface area contributed by atoms with E-state index < -0.39 is 30.3 Å². The van der Waals surface area contributed by atoms with Gasteiger partial charge < -0.3 is 20.1 Å². The van der Waals surface area contributed by atoms with E-state index in [1.165, 1.54) is 0 Å². The molecule has 6 nitrogen and oxygen atoms in total. The minimum Gasteiger partial charge on any atom is -0.479 e. The van der Waals surface area contributed by atoms with E-state index in [4.69, 9.17) is 15.3 Å². The van der Waals surface area contributed by atoms with Crippen molar-refractivity contribution in [1.82, 2.24) is 0 Å². The van der Waals surface area contributed by atoms with Gasteiger partial charge in [-0.15, -0.1) is 0 Å². The highest BCUT2D eigenvalue weighted by Gasteiger charge is 2.31. The topological polar surface area (TPSA) is 104 Å². The first-order valence-electron chi connectivity index (χ1n) is 4.19. The number of carboxylic acid groups (broad SMARTS) is 1. The number of aliphatic hydroxyl groups is 2. The minimum atomic E-state index is -2.15. The van der Waals surface area contributed by atoms with Crippen molar-refractivity contribution in [3.05, 3.63) is 0 Å². The van der Waals surface area contributed by atoms with Crippen LogP contribution < -0.4 is 0 Å². The van der Waals surface area contributed by atoms with Crippen LogP contribution in [-0.4, -0.2) is 45.6 Å². The number of hydrogen-bond acceptors (Lipinski definition) is 5. The third-order valence-electron chi connectivity index (χ3n) is 1.69. The van der Waals surface area contributed by atoms with E-state index in [-0.39, 0.29) is 0 Å². The standard InChI is InChI=1S/C8H14O6/c1-3-4(2)14-8(13)6(10)5(9)7(11)12/h4-6,9-10H,3H2,1-2H3,(H,11,12)/t4?,5-,6-/m1/s1. The molecule has 0 aromatic rings. The van der Waals surface area contributed by atoms with Gasteiger partial charge in [0.2, 0.25) is 0 Å². The first-order valence-corrected chi connectivity index (χ1v) is 4.19. The quantitative estimate of drug-likeness (QED) is 0.505. The van der Waals surface area contributed by atoms with E-state index in [1.54, 1.807) is 13.8 Å². The van der Waals surface area contributed by atoms with Crippen LogP contribution in [0, 0.1) is 0 Å². The van der Waals surface area contributed by atoms with Crippen LogP contribution in [0.2, 0.25) is 0 Å². The fourth-order valence-corrected chi connectivity index (χ4v) is 0.615. The minimum absolute atomic E-state index is 0.418. The lowest BCUT2D eigenvalue weighted by atomic mass is 10.2. The summed E-state index contributed by atoms with van der Waals surface area (Å²) in [6, 6.07) is 0. The van der Waals surface area contributed by atoms with Gasteiger partial charge in [-0.2, -0.15) is 0 Å². The van der Waals surface area contributed by atoms with E-state index in [1.807, 2.05) is 0 Å². The first kappa shape index (κ1) is 12.9. The first-order chi connectivity index (χ1) is 6.40. The molecule has 0 aromatic carbocycles. The van der Waals surface area contributed by atoms with Crippen molar-refractivity contribution in [2.75, 3.05) is 0 Å². The van der Waals surface area contributed by atoms with Crippen molar-refractivity contribution >= 4 is 11.9 Å². The Hall–Kier alpha value is -1.14. The van der Waals surface area contributed by atoms with Gasteiger partial charge in [0.15, 0.2) is 12.2 Å². The van der Waals surface area contributed by atoms with E-state index >= 15 is 0 Å². The van der Waals surface area contributed by atoms with Crippen LogP contribution >= 0.6 is 0 Å². The van der Waals surface area contributed by atoms with Crippen LogP contribution in [0.1, 0.15) is 20.3 Å². The Bertz CT molecular complexity index is 214. The zero-order chi connectivity index (χ0) is 11.3. The number of rotatable bonds is 5. The molecular formula is C8H14O6. The SMILES string of the molecule is CCC(C)OC(=O)[C@H](O)[C@@H](O)C(=O)O. The molecule has 0 aliphatic heterocycles. The third-order valence-corrected chi connectivity index (χ3v) is 1.69. The number of carboxylic acids is 1. The van der Waals surface area contributed by atoms with E-state index in [0.29, 0.717) is 6.42 Å². The van der Waals surface area contributed by atoms with Crippen LogP contribution in [0.25, 0.3) is 0 Å². The monoisotopic (exact) mass is 206 g/mol. The summed E-state index contributed by atoms with van der Waals surface area (Å²) in [5.41, 5.74) is 0. The normalized spacial score (nSPS) is 16.9. The molecule has 3 N–H and O–H groups in total. The second-order valence-electron chi connectivity index (χ2n) is 2.88. The van der Waals surface area contributed by atoms with E-state index in [2.05, 4.69) is 4.74 Å². The van der Waals surface area contributed by atoms with Gasteiger partial charge in [0.05, 0.1) is 6.10 Å². The Morgan fingerprint density at radius 1 is 1.29 bits per heavy atom. The summed E-state index contributed by atoms with van der Waals surface area (Å²) in [4.78, 5) is 21.1. The van der Waals surface area contributed by atoms with Gasteiger partial charge in [-0.3, -0.25) is 0 Å². The molecule has 82 valence electrons. The number of aliphatic hydroxyl groups excluding tert-OH is 2. The van der Waals surface area contributed by atoms with Gasteiger partial charge in [0, 0.05) is 0 Å². The second kappa shape index (κ2) is 5.56. The fraction of sp³-hybridized carbons (Fsp3) is 0.750. The van der Waals surface area contributed by atoms with Crippen molar-refractivity contribution in [2.24, 2.45) is 0 Å². The molecule has 0 heterocycles. The van der Waals surface area contributed by atoms with Gasteiger partial charge in [-0.25, -0.2) is 9.59 Å². The predicted octanol–water partition coefficient (Wildman–Crippen LogP) is -0.866. The second-order valence-corrected chi connectivity index (χ2v) is 2.88. The highest BCUT2D eigenvalue weighted by Crippen LogP contribution is 2.02.